The fraction of sp³-hybridized carbons (Fsp3) is 0.158. The second-order valence-corrected chi connectivity index (χ2v) is 10.9. The summed E-state index contributed by atoms with van der Waals surface area (Å²) in [4.78, 5) is 26.8. The van der Waals surface area contributed by atoms with E-state index in [0.29, 0.717) is 22.6 Å². The molecule has 2 bridgehead atoms. The van der Waals surface area contributed by atoms with Crippen molar-refractivity contribution >= 4 is 11.9 Å². The van der Waals surface area contributed by atoms with E-state index in [1.54, 1.807) is 12.1 Å². The van der Waals surface area contributed by atoms with Crippen molar-refractivity contribution in [3.8, 4) is 11.5 Å². The highest BCUT2D eigenvalue weighted by atomic mass is 16.5. The Balaban J connectivity index is 1.36. The van der Waals surface area contributed by atoms with Gasteiger partial charge in [-0.25, -0.2) is 9.59 Å². The lowest BCUT2D eigenvalue weighted by atomic mass is 9.60. The zero-order chi connectivity index (χ0) is 28.8. The van der Waals surface area contributed by atoms with Gasteiger partial charge in [0.2, 0.25) is 0 Å². The lowest BCUT2D eigenvalue weighted by Gasteiger charge is -2.43. The third kappa shape index (κ3) is 4.22. The van der Waals surface area contributed by atoms with Gasteiger partial charge in [-0.05, 0) is 82.6 Å². The van der Waals surface area contributed by atoms with E-state index in [1.807, 2.05) is 72.8 Å². The van der Waals surface area contributed by atoms with E-state index in [1.165, 1.54) is 22.3 Å². The van der Waals surface area contributed by atoms with E-state index in [0.717, 1.165) is 35.1 Å². The molecule has 3 aliphatic rings. The number of benzene rings is 5. The maximum absolute atomic E-state index is 13.4. The van der Waals surface area contributed by atoms with Crippen molar-refractivity contribution < 1.29 is 19.1 Å². The Bertz CT molecular complexity index is 1650. The summed E-state index contributed by atoms with van der Waals surface area (Å²) >= 11 is 0. The van der Waals surface area contributed by atoms with Gasteiger partial charge in [-0.3, -0.25) is 0 Å². The Kier molecular flexibility index (Phi) is 6.47. The van der Waals surface area contributed by atoms with Crippen LogP contribution in [0.25, 0.3) is 0 Å². The zero-order valence-electron chi connectivity index (χ0n) is 23.6. The highest BCUT2D eigenvalue weighted by Gasteiger charge is 2.45. The predicted octanol–water partition coefficient (Wildman–Crippen LogP) is 8.24. The molecule has 0 aromatic heterocycles. The smallest absolute Gasteiger partial charge is 0.343 e. The Labute approximate surface area is 245 Å². The minimum Gasteiger partial charge on any atom is -0.423 e. The molecule has 0 atom stereocenters. The number of ether oxygens (including phenoxy) is 2. The van der Waals surface area contributed by atoms with Crippen molar-refractivity contribution in [2.45, 2.75) is 38.5 Å². The van der Waals surface area contributed by atoms with Crippen LogP contribution in [-0.2, 0) is 12.8 Å². The molecule has 5 aromatic carbocycles. The predicted molar refractivity (Wildman–Crippen MR) is 163 cm³/mol. The lowest BCUT2D eigenvalue weighted by Crippen LogP contribution is -2.29. The van der Waals surface area contributed by atoms with E-state index in [2.05, 4.69) is 38.1 Å². The molecule has 0 amide bonds. The molecule has 0 saturated carbocycles. The van der Waals surface area contributed by atoms with Gasteiger partial charge < -0.3 is 9.47 Å². The van der Waals surface area contributed by atoms with Crippen molar-refractivity contribution in [2.24, 2.45) is 0 Å². The molecule has 0 spiro atoms. The average Bonchev–Trinajstić information content (AvgIpc) is 3.05. The van der Waals surface area contributed by atoms with E-state index < -0.39 is 11.9 Å². The Morgan fingerprint density at radius 3 is 1.14 bits per heavy atom. The first kappa shape index (κ1) is 26.0. The Morgan fingerprint density at radius 1 is 0.500 bits per heavy atom. The average molecular weight is 551 g/mol. The largest absolute Gasteiger partial charge is 0.423 e. The van der Waals surface area contributed by atoms with Crippen LogP contribution < -0.4 is 9.47 Å². The Hall–Kier alpha value is -4.96. The van der Waals surface area contributed by atoms with Crippen LogP contribution in [0.1, 0.15) is 90.9 Å². The maximum Gasteiger partial charge on any atom is 0.343 e. The number of esters is 2. The van der Waals surface area contributed by atoms with E-state index in [9.17, 15) is 9.59 Å². The van der Waals surface area contributed by atoms with Crippen LogP contribution in [0.2, 0.25) is 0 Å². The van der Waals surface area contributed by atoms with Gasteiger partial charge in [0.1, 0.15) is 11.5 Å². The van der Waals surface area contributed by atoms with Gasteiger partial charge in [-0.1, -0.05) is 86.6 Å². The third-order valence-electron chi connectivity index (χ3n) is 8.62. The number of rotatable bonds is 6. The molecule has 3 aliphatic carbocycles. The molecule has 0 radical (unpaired) electrons. The zero-order valence-corrected chi connectivity index (χ0v) is 23.6. The van der Waals surface area contributed by atoms with E-state index in [4.69, 9.17) is 9.47 Å². The summed E-state index contributed by atoms with van der Waals surface area (Å²) in [7, 11) is 0. The van der Waals surface area contributed by atoms with Gasteiger partial charge in [-0.15, -0.1) is 0 Å². The summed E-state index contributed by atoms with van der Waals surface area (Å²) in [5.41, 5.74) is 9.77. The SMILES string of the molecule is CCc1ccc(C(=O)Oc2ccc(OC(=O)c3ccc(CC)cc3)c3c2C2c4ccccc4C3c3ccccc32)cc1. The first-order valence-corrected chi connectivity index (χ1v) is 14.5. The summed E-state index contributed by atoms with van der Waals surface area (Å²) < 4.78 is 12.3. The number of hydrogen-bond acceptors (Lipinski definition) is 4. The molecule has 5 aromatic rings. The van der Waals surface area contributed by atoms with Crippen molar-refractivity contribution in [2.75, 3.05) is 0 Å². The summed E-state index contributed by atoms with van der Waals surface area (Å²) in [6.07, 6.45) is 1.79. The molecule has 0 aliphatic heterocycles. The van der Waals surface area contributed by atoms with Crippen LogP contribution in [0.4, 0.5) is 0 Å². The van der Waals surface area contributed by atoms with Gasteiger partial charge in [0.25, 0.3) is 0 Å². The van der Waals surface area contributed by atoms with E-state index >= 15 is 0 Å². The van der Waals surface area contributed by atoms with Gasteiger partial charge in [0, 0.05) is 23.0 Å². The first-order chi connectivity index (χ1) is 20.6. The second kappa shape index (κ2) is 10.5. The molecule has 0 fully saturated rings. The molecule has 4 nitrogen and oxygen atoms in total. The first-order valence-electron chi connectivity index (χ1n) is 14.5. The number of carbonyl (C=O) groups excluding carboxylic acids is 2. The number of carbonyl (C=O) groups is 2. The highest BCUT2D eigenvalue weighted by molar-refractivity contribution is 5.93. The van der Waals surface area contributed by atoms with Crippen LogP contribution in [-0.4, -0.2) is 11.9 Å². The van der Waals surface area contributed by atoms with Gasteiger partial charge in [0.05, 0.1) is 11.1 Å². The quantitative estimate of drug-likeness (QED) is 0.155. The molecule has 42 heavy (non-hydrogen) atoms. The summed E-state index contributed by atoms with van der Waals surface area (Å²) in [5, 5.41) is 0. The van der Waals surface area contributed by atoms with Crippen LogP contribution in [0.3, 0.4) is 0 Å². The number of aryl methyl sites for hydroxylation is 2. The van der Waals surface area contributed by atoms with Crippen LogP contribution >= 0.6 is 0 Å². The molecule has 4 heteroatoms. The van der Waals surface area contributed by atoms with Gasteiger partial charge in [-0.2, -0.15) is 0 Å². The third-order valence-corrected chi connectivity index (χ3v) is 8.62. The molecule has 0 saturated heterocycles. The standard InChI is InChI=1S/C38H30O4/c1-3-23-13-17-25(18-14-23)37(39)41-31-21-22-32(42-38(40)26-19-15-24(4-2)16-20-26)36-34-29-11-7-5-9-27(29)33(35(31)36)28-10-6-8-12-30(28)34/h5-22,33-34H,3-4H2,1-2H3. The van der Waals surface area contributed by atoms with Crippen molar-refractivity contribution in [1.29, 1.82) is 0 Å². The molecule has 8 rings (SSSR count). The maximum atomic E-state index is 13.4. The molecule has 206 valence electrons. The van der Waals surface area contributed by atoms with Crippen molar-refractivity contribution in [3.05, 3.63) is 165 Å². The molecular weight excluding hydrogens is 520 g/mol. The summed E-state index contributed by atoms with van der Waals surface area (Å²) in [5.74, 6) is -0.177. The van der Waals surface area contributed by atoms with Crippen LogP contribution in [0.5, 0.6) is 11.5 Å². The molecule has 0 N–H and O–H groups in total. The van der Waals surface area contributed by atoms with Crippen molar-refractivity contribution in [3.63, 3.8) is 0 Å². The highest BCUT2D eigenvalue weighted by Crippen LogP contribution is 2.60. The van der Waals surface area contributed by atoms with Crippen LogP contribution in [0.15, 0.2) is 109 Å². The monoisotopic (exact) mass is 550 g/mol. The lowest BCUT2D eigenvalue weighted by molar-refractivity contribution is 0.0716. The summed E-state index contributed by atoms with van der Waals surface area (Å²) in [6.45, 7) is 4.16. The second-order valence-electron chi connectivity index (χ2n) is 10.9. The molecular formula is C38H30O4. The summed E-state index contributed by atoms with van der Waals surface area (Å²) in [6, 6.07) is 35.4. The van der Waals surface area contributed by atoms with E-state index in [-0.39, 0.29) is 11.8 Å². The van der Waals surface area contributed by atoms with Gasteiger partial charge >= 0.3 is 11.9 Å². The molecule has 0 unspecified atom stereocenters. The molecule has 0 heterocycles. The minimum atomic E-state index is -0.413. The van der Waals surface area contributed by atoms with Gasteiger partial charge in [0.15, 0.2) is 0 Å². The Morgan fingerprint density at radius 2 is 0.833 bits per heavy atom. The van der Waals surface area contributed by atoms with Crippen molar-refractivity contribution in [1.82, 2.24) is 0 Å². The topological polar surface area (TPSA) is 52.6 Å². The number of hydrogen-bond donors (Lipinski definition) is 0. The minimum absolute atomic E-state index is 0.162. The normalized spacial score (nSPS) is 15.8. The fourth-order valence-electron chi connectivity index (χ4n) is 6.47. The fourth-order valence-corrected chi connectivity index (χ4v) is 6.47. The van der Waals surface area contributed by atoms with Crippen LogP contribution in [0, 0.1) is 0 Å².